The van der Waals surface area contributed by atoms with E-state index in [1.54, 1.807) is 0 Å². The highest BCUT2D eigenvalue weighted by atomic mass is 16.5. The molecule has 2 amide bonds. The number of rotatable bonds is 9. The predicted octanol–water partition coefficient (Wildman–Crippen LogP) is 1.43. The van der Waals surface area contributed by atoms with Crippen molar-refractivity contribution in [3.05, 3.63) is 0 Å². The summed E-state index contributed by atoms with van der Waals surface area (Å²) in [4.78, 5) is 25.9. The fourth-order valence-corrected chi connectivity index (χ4v) is 3.61. The molecule has 6 heteroatoms. The van der Waals surface area contributed by atoms with Crippen molar-refractivity contribution in [2.45, 2.75) is 63.9 Å². The van der Waals surface area contributed by atoms with Gasteiger partial charge in [0.25, 0.3) is 0 Å². The summed E-state index contributed by atoms with van der Waals surface area (Å²) in [5.74, 6) is 0.740. The molecule has 1 aliphatic heterocycles. The van der Waals surface area contributed by atoms with Crippen LogP contribution >= 0.6 is 0 Å². The Balaban J connectivity index is 1.55. The lowest BCUT2D eigenvalue weighted by molar-refractivity contribution is -0.135. The summed E-state index contributed by atoms with van der Waals surface area (Å²) in [6, 6.07) is 0. The molecule has 0 radical (unpaired) electrons. The van der Waals surface area contributed by atoms with E-state index in [2.05, 4.69) is 5.32 Å². The predicted molar refractivity (Wildman–Crippen MR) is 93.4 cm³/mol. The van der Waals surface area contributed by atoms with Crippen molar-refractivity contribution in [1.29, 1.82) is 0 Å². The van der Waals surface area contributed by atoms with E-state index in [4.69, 9.17) is 10.5 Å². The van der Waals surface area contributed by atoms with Crippen molar-refractivity contribution < 1.29 is 14.3 Å². The maximum atomic E-state index is 12.2. The van der Waals surface area contributed by atoms with Crippen molar-refractivity contribution in [3.8, 4) is 0 Å². The zero-order chi connectivity index (χ0) is 17.2. The lowest BCUT2D eigenvalue weighted by atomic mass is 10.0. The minimum absolute atomic E-state index is 0.00949. The smallest absolute Gasteiger partial charge is 0.241 e. The topological polar surface area (TPSA) is 84.7 Å². The second-order valence-corrected chi connectivity index (χ2v) is 7.06. The summed E-state index contributed by atoms with van der Waals surface area (Å²) in [6.45, 7) is 2.90. The van der Waals surface area contributed by atoms with Crippen LogP contribution in [0.1, 0.15) is 57.8 Å². The third-order valence-electron chi connectivity index (χ3n) is 5.19. The molecule has 0 unspecified atom stereocenters. The van der Waals surface area contributed by atoms with E-state index in [0.717, 1.165) is 25.7 Å². The van der Waals surface area contributed by atoms with E-state index < -0.39 is 0 Å². The number of hydrogen-bond donors (Lipinski definition) is 2. The summed E-state index contributed by atoms with van der Waals surface area (Å²) in [6.07, 6.45) is 9.49. The Hall–Kier alpha value is -1.14. The van der Waals surface area contributed by atoms with Gasteiger partial charge in [0.1, 0.15) is 0 Å². The first-order chi connectivity index (χ1) is 11.7. The number of nitrogens with zero attached hydrogens (tertiary/aromatic N) is 1. The number of nitrogens with one attached hydrogen (secondary N) is 1. The van der Waals surface area contributed by atoms with Crippen molar-refractivity contribution >= 4 is 11.8 Å². The summed E-state index contributed by atoms with van der Waals surface area (Å²) >= 11 is 0. The normalized spacial score (nSPS) is 19.6. The summed E-state index contributed by atoms with van der Waals surface area (Å²) in [7, 11) is 0. The molecule has 138 valence electrons. The van der Waals surface area contributed by atoms with Gasteiger partial charge in [0.05, 0.1) is 12.6 Å². The summed E-state index contributed by atoms with van der Waals surface area (Å²) < 4.78 is 5.74. The Morgan fingerprint density at radius 3 is 2.50 bits per heavy atom. The van der Waals surface area contributed by atoms with Gasteiger partial charge < -0.3 is 20.7 Å². The standard InChI is InChI=1S/C18H33N3O3/c19-10-3-13-24-16-8-11-21(12-9-16)18(23)14-20-17(22)7-6-15-4-1-2-5-15/h15-16H,1-14,19H2,(H,20,22). The number of ether oxygens (including phenoxy) is 1. The number of nitrogens with two attached hydrogens (primary N) is 1. The second-order valence-electron chi connectivity index (χ2n) is 7.06. The Morgan fingerprint density at radius 2 is 1.83 bits per heavy atom. The molecule has 2 rings (SSSR count). The minimum atomic E-state index is 0.00949. The number of amides is 2. The van der Waals surface area contributed by atoms with Gasteiger partial charge in [-0.2, -0.15) is 0 Å². The molecule has 0 bridgehead atoms. The first kappa shape index (κ1) is 19.2. The molecule has 24 heavy (non-hydrogen) atoms. The maximum absolute atomic E-state index is 12.2. The van der Waals surface area contributed by atoms with Crippen LogP contribution in [0.3, 0.4) is 0 Å². The molecule has 0 aromatic carbocycles. The van der Waals surface area contributed by atoms with Crippen molar-refractivity contribution in [1.82, 2.24) is 10.2 Å². The molecule has 1 heterocycles. The van der Waals surface area contributed by atoms with E-state index in [1.807, 2.05) is 4.90 Å². The Morgan fingerprint density at radius 1 is 1.12 bits per heavy atom. The van der Waals surface area contributed by atoms with E-state index >= 15 is 0 Å². The van der Waals surface area contributed by atoms with Crippen LogP contribution < -0.4 is 11.1 Å². The van der Waals surface area contributed by atoms with Gasteiger partial charge in [-0.05, 0) is 38.1 Å². The molecule has 0 aromatic heterocycles. The summed E-state index contributed by atoms with van der Waals surface area (Å²) in [5, 5.41) is 2.78. The third kappa shape index (κ3) is 6.77. The number of hydrogen-bond acceptors (Lipinski definition) is 4. The van der Waals surface area contributed by atoms with Gasteiger partial charge in [-0.1, -0.05) is 25.7 Å². The van der Waals surface area contributed by atoms with E-state index in [0.29, 0.717) is 38.6 Å². The average molecular weight is 339 g/mol. The van der Waals surface area contributed by atoms with Crippen LogP contribution in [0.15, 0.2) is 0 Å². The van der Waals surface area contributed by atoms with Crippen molar-refractivity contribution in [3.63, 3.8) is 0 Å². The van der Waals surface area contributed by atoms with Crippen LogP contribution in [-0.2, 0) is 14.3 Å². The van der Waals surface area contributed by atoms with Crippen LogP contribution in [0.4, 0.5) is 0 Å². The zero-order valence-electron chi connectivity index (χ0n) is 14.8. The lowest BCUT2D eigenvalue weighted by Gasteiger charge is -2.32. The quantitative estimate of drug-likeness (QED) is 0.622. The van der Waals surface area contributed by atoms with Gasteiger partial charge in [0.15, 0.2) is 0 Å². The lowest BCUT2D eigenvalue weighted by Crippen LogP contribution is -2.45. The van der Waals surface area contributed by atoms with E-state index in [-0.39, 0.29) is 24.5 Å². The Bertz CT molecular complexity index is 389. The van der Waals surface area contributed by atoms with Crippen LogP contribution in [0.2, 0.25) is 0 Å². The second kappa shape index (κ2) is 10.7. The number of likely N-dealkylation sites (tertiary alicyclic amines) is 1. The van der Waals surface area contributed by atoms with Crippen LogP contribution in [0, 0.1) is 5.92 Å². The molecule has 1 saturated heterocycles. The van der Waals surface area contributed by atoms with Gasteiger partial charge in [0, 0.05) is 26.1 Å². The number of carbonyl (C=O) groups is 2. The minimum Gasteiger partial charge on any atom is -0.378 e. The average Bonchev–Trinajstić information content (AvgIpc) is 3.12. The van der Waals surface area contributed by atoms with Crippen molar-refractivity contribution in [2.24, 2.45) is 11.7 Å². The SMILES string of the molecule is NCCCOC1CCN(C(=O)CNC(=O)CCC2CCCC2)CC1. The van der Waals surface area contributed by atoms with Crippen LogP contribution in [-0.4, -0.2) is 55.6 Å². The monoisotopic (exact) mass is 339 g/mol. The van der Waals surface area contributed by atoms with Gasteiger partial charge in [0.2, 0.25) is 11.8 Å². The summed E-state index contributed by atoms with van der Waals surface area (Å²) in [5.41, 5.74) is 5.45. The first-order valence-electron chi connectivity index (χ1n) is 9.55. The fraction of sp³-hybridized carbons (Fsp3) is 0.889. The molecule has 3 N–H and O–H groups in total. The molecular formula is C18H33N3O3. The molecule has 0 atom stereocenters. The Labute approximate surface area is 145 Å². The fourth-order valence-electron chi connectivity index (χ4n) is 3.61. The van der Waals surface area contributed by atoms with Gasteiger partial charge >= 0.3 is 0 Å². The molecule has 2 fully saturated rings. The molecule has 6 nitrogen and oxygen atoms in total. The highest BCUT2D eigenvalue weighted by Crippen LogP contribution is 2.28. The molecule has 1 aliphatic carbocycles. The molecular weight excluding hydrogens is 306 g/mol. The number of piperidine rings is 1. The molecule has 0 spiro atoms. The van der Waals surface area contributed by atoms with Gasteiger partial charge in [-0.15, -0.1) is 0 Å². The van der Waals surface area contributed by atoms with Gasteiger partial charge in [-0.25, -0.2) is 0 Å². The van der Waals surface area contributed by atoms with Gasteiger partial charge in [-0.3, -0.25) is 9.59 Å². The number of carbonyl (C=O) groups excluding carboxylic acids is 2. The van der Waals surface area contributed by atoms with E-state index in [9.17, 15) is 9.59 Å². The zero-order valence-corrected chi connectivity index (χ0v) is 14.8. The molecule has 2 aliphatic rings. The highest BCUT2D eigenvalue weighted by Gasteiger charge is 2.23. The maximum Gasteiger partial charge on any atom is 0.241 e. The molecule has 0 aromatic rings. The third-order valence-corrected chi connectivity index (χ3v) is 5.19. The largest absolute Gasteiger partial charge is 0.378 e. The van der Waals surface area contributed by atoms with Crippen LogP contribution in [0.5, 0.6) is 0 Å². The first-order valence-corrected chi connectivity index (χ1v) is 9.55. The Kier molecular flexibility index (Phi) is 8.53. The molecule has 1 saturated carbocycles. The van der Waals surface area contributed by atoms with E-state index in [1.165, 1.54) is 25.7 Å². The van der Waals surface area contributed by atoms with Crippen LogP contribution in [0.25, 0.3) is 0 Å². The van der Waals surface area contributed by atoms with Crippen molar-refractivity contribution in [2.75, 3.05) is 32.8 Å². The highest BCUT2D eigenvalue weighted by molar-refractivity contribution is 5.84.